The van der Waals surface area contributed by atoms with Crippen molar-refractivity contribution >= 4 is 23.3 Å². The lowest BCUT2D eigenvalue weighted by atomic mass is 9.90. The lowest BCUT2D eigenvalue weighted by Gasteiger charge is -2.27. The van der Waals surface area contributed by atoms with E-state index in [0.717, 1.165) is 5.56 Å². The van der Waals surface area contributed by atoms with Crippen molar-refractivity contribution in [3.8, 4) is 0 Å². The third-order valence-electron chi connectivity index (χ3n) is 4.73. The number of nitrogens with zero attached hydrogens (tertiary/aromatic N) is 1. The van der Waals surface area contributed by atoms with Crippen molar-refractivity contribution in [1.82, 2.24) is 0 Å². The maximum absolute atomic E-state index is 12.9. The first-order valence-electron chi connectivity index (χ1n) is 8.93. The predicted molar refractivity (Wildman–Crippen MR) is 104 cm³/mol. The molecule has 0 saturated heterocycles. The fraction of sp³-hybridized carbons (Fsp3) is 0.227. The Hall–Kier alpha value is -3.41. The molecule has 0 saturated carbocycles. The van der Waals surface area contributed by atoms with Gasteiger partial charge in [-0.1, -0.05) is 49.7 Å². The highest BCUT2D eigenvalue weighted by Gasteiger charge is 2.44. The predicted octanol–water partition coefficient (Wildman–Crippen LogP) is 3.82. The largest absolute Gasteiger partial charge is 0.503 e. The first-order chi connectivity index (χ1) is 13.2. The molecule has 144 valence electrons. The van der Waals surface area contributed by atoms with Crippen LogP contribution in [0.2, 0.25) is 0 Å². The molecule has 1 amide bonds. The molecule has 6 nitrogen and oxygen atoms in total. The zero-order valence-electron chi connectivity index (χ0n) is 15.8. The van der Waals surface area contributed by atoms with Crippen LogP contribution in [0.4, 0.5) is 5.69 Å². The fourth-order valence-electron chi connectivity index (χ4n) is 3.38. The molecule has 6 heteroatoms. The first-order valence-corrected chi connectivity index (χ1v) is 8.93. The van der Waals surface area contributed by atoms with Gasteiger partial charge in [-0.05, 0) is 30.7 Å². The van der Waals surface area contributed by atoms with Crippen molar-refractivity contribution in [3.63, 3.8) is 0 Å². The smallest absolute Gasteiger partial charge is 0.335 e. The van der Waals surface area contributed by atoms with Gasteiger partial charge in [0.15, 0.2) is 11.5 Å². The molecule has 0 spiro atoms. The average molecular weight is 379 g/mol. The van der Waals surface area contributed by atoms with Gasteiger partial charge in [-0.3, -0.25) is 14.5 Å². The quantitative estimate of drug-likeness (QED) is 0.823. The SMILES string of the molecule is Cc1cccc(C2C(C(=O)C(C)C)=C(O)C(=O)N2c2cccc(C(=O)O)c2)c1. The summed E-state index contributed by atoms with van der Waals surface area (Å²) >= 11 is 0. The van der Waals surface area contributed by atoms with Gasteiger partial charge in [0.2, 0.25) is 0 Å². The second kappa shape index (κ2) is 7.31. The Labute approximate surface area is 162 Å². The maximum Gasteiger partial charge on any atom is 0.335 e. The van der Waals surface area contributed by atoms with E-state index in [0.29, 0.717) is 11.3 Å². The van der Waals surface area contributed by atoms with E-state index >= 15 is 0 Å². The van der Waals surface area contributed by atoms with E-state index in [4.69, 9.17) is 0 Å². The van der Waals surface area contributed by atoms with Crippen LogP contribution in [0.25, 0.3) is 0 Å². The van der Waals surface area contributed by atoms with Gasteiger partial charge in [0, 0.05) is 11.6 Å². The van der Waals surface area contributed by atoms with Gasteiger partial charge in [-0.2, -0.15) is 0 Å². The summed E-state index contributed by atoms with van der Waals surface area (Å²) in [6, 6.07) is 12.4. The van der Waals surface area contributed by atoms with E-state index in [9.17, 15) is 24.6 Å². The number of carbonyl (C=O) groups is 3. The molecule has 1 atom stereocenters. The molecule has 0 aromatic heterocycles. The number of anilines is 1. The van der Waals surface area contributed by atoms with Gasteiger partial charge in [-0.25, -0.2) is 4.79 Å². The first kappa shape index (κ1) is 19.4. The van der Waals surface area contributed by atoms with Crippen LogP contribution in [0.3, 0.4) is 0 Å². The number of amides is 1. The highest BCUT2D eigenvalue weighted by atomic mass is 16.4. The minimum atomic E-state index is -1.13. The summed E-state index contributed by atoms with van der Waals surface area (Å²) in [6.07, 6.45) is 0. The molecule has 2 aromatic rings. The van der Waals surface area contributed by atoms with Gasteiger partial charge in [0.05, 0.1) is 17.2 Å². The van der Waals surface area contributed by atoms with Crippen LogP contribution in [0, 0.1) is 12.8 Å². The molecule has 1 unspecified atom stereocenters. The number of hydrogen-bond acceptors (Lipinski definition) is 4. The van der Waals surface area contributed by atoms with Crippen molar-refractivity contribution in [1.29, 1.82) is 0 Å². The van der Waals surface area contributed by atoms with E-state index in [2.05, 4.69) is 0 Å². The minimum absolute atomic E-state index is 0.0106. The number of aryl methyl sites for hydroxylation is 1. The Morgan fingerprint density at radius 3 is 2.36 bits per heavy atom. The summed E-state index contributed by atoms with van der Waals surface area (Å²) in [5, 5.41) is 19.8. The summed E-state index contributed by atoms with van der Waals surface area (Å²) in [6.45, 7) is 5.30. The lowest BCUT2D eigenvalue weighted by molar-refractivity contribution is -0.119. The number of rotatable bonds is 5. The van der Waals surface area contributed by atoms with Gasteiger partial charge in [0.25, 0.3) is 5.91 Å². The minimum Gasteiger partial charge on any atom is -0.503 e. The Morgan fingerprint density at radius 1 is 1.07 bits per heavy atom. The summed E-state index contributed by atoms with van der Waals surface area (Å²) in [7, 11) is 0. The van der Waals surface area contributed by atoms with Gasteiger partial charge >= 0.3 is 5.97 Å². The van der Waals surface area contributed by atoms with Gasteiger partial charge in [0.1, 0.15) is 0 Å². The van der Waals surface area contributed by atoms with E-state index in [-0.39, 0.29) is 16.9 Å². The molecule has 0 bridgehead atoms. The average Bonchev–Trinajstić information content (AvgIpc) is 2.92. The van der Waals surface area contributed by atoms with Crippen molar-refractivity contribution < 1.29 is 24.6 Å². The molecular formula is C22H21NO5. The summed E-state index contributed by atoms with van der Waals surface area (Å²) in [5.74, 6) is -3.18. The van der Waals surface area contributed by atoms with Crippen LogP contribution < -0.4 is 4.90 Å². The van der Waals surface area contributed by atoms with Crippen molar-refractivity contribution in [3.05, 3.63) is 76.6 Å². The molecule has 1 heterocycles. The van der Waals surface area contributed by atoms with Crippen LogP contribution in [0.5, 0.6) is 0 Å². The summed E-state index contributed by atoms with van der Waals surface area (Å²) in [5.41, 5.74) is 1.95. The van der Waals surface area contributed by atoms with Gasteiger partial charge in [-0.15, -0.1) is 0 Å². The molecule has 1 aliphatic heterocycles. The second-order valence-corrected chi connectivity index (χ2v) is 7.13. The topological polar surface area (TPSA) is 94.9 Å². The number of benzene rings is 2. The monoisotopic (exact) mass is 379 g/mol. The molecule has 0 aliphatic carbocycles. The van der Waals surface area contributed by atoms with E-state index in [1.807, 2.05) is 25.1 Å². The summed E-state index contributed by atoms with van der Waals surface area (Å²) < 4.78 is 0. The molecular weight excluding hydrogens is 358 g/mol. The molecule has 0 fully saturated rings. The zero-order chi connectivity index (χ0) is 20.6. The number of carboxylic acid groups (broad SMARTS) is 1. The zero-order valence-corrected chi connectivity index (χ0v) is 15.8. The maximum atomic E-state index is 12.9. The van der Waals surface area contributed by atoms with Crippen molar-refractivity contribution in [2.45, 2.75) is 26.8 Å². The Morgan fingerprint density at radius 2 is 1.75 bits per heavy atom. The third kappa shape index (κ3) is 3.29. The van der Waals surface area contributed by atoms with Crippen LogP contribution >= 0.6 is 0 Å². The number of hydrogen-bond donors (Lipinski definition) is 2. The number of Topliss-reactive ketones (excluding diaryl/α,β-unsaturated/α-hetero) is 1. The van der Waals surface area contributed by atoms with Crippen molar-refractivity contribution in [2.75, 3.05) is 4.90 Å². The Kier molecular flexibility index (Phi) is 5.05. The molecule has 2 N–H and O–H groups in total. The Bertz CT molecular complexity index is 1010. The van der Waals surface area contributed by atoms with E-state index in [1.54, 1.807) is 26.0 Å². The number of aliphatic hydroxyl groups excluding tert-OH is 1. The lowest BCUT2D eigenvalue weighted by Crippen LogP contribution is -2.31. The summed E-state index contributed by atoms with van der Waals surface area (Å²) in [4.78, 5) is 38.4. The highest BCUT2D eigenvalue weighted by molar-refractivity contribution is 6.17. The normalized spacial score (nSPS) is 16.8. The number of carbonyl (C=O) groups excluding carboxylic acids is 2. The third-order valence-corrected chi connectivity index (χ3v) is 4.73. The molecule has 1 aliphatic rings. The van der Waals surface area contributed by atoms with E-state index < -0.39 is 29.6 Å². The number of carboxylic acids is 1. The standard InChI is InChI=1S/C22H21NO5/c1-12(2)19(24)17-18(14-7-4-6-13(3)10-14)23(21(26)20(17)25)16-9-5-8-15(11-16)22(27)28/h4-12,18,25H,1-3H3,(H,27,28). The number of aliphatic hydroxyl groups is 1. The van der Waals surface area contributed by atoms with Gasteiger partial charge < -0.3 is 10.2 Å². The molecule has 0 radical (unpaired) electrons. The van der Waals surface area contributed by atoms with Crippen molar-refractivity contribution in [2.24, 2.45) is 5.92 Å². The Balaban J connectivity index is 2.21. The van der Waals surface area contributed by atoms with Crippen LogP contribution in [0.1, 0.15) is 41.4 Å². The second-order valence-electron chi connectivity index (χ2n) is 7.13. The molecule has 3 rings (SSSR count). The number of aromatic carboxylic acids is 1. The molecule has 28 heavy (non-hydrogen) atoms. The number of ketones is 1. The van der Waals surface area contributed by atoms with Crippen LogP contribution in [-0.4, -0.2) is 27.9 Å². The highest BCUT2D eigenvalue weighted by Crippen LogP contribution is 2.42. The van der Waals surface area contributed by atoms with Crippen LogP contribution in [-0.2, 0) is 9.59 Å². The van der Waals surface area contributed by atoms with Crippen LogP contribution in [0.15, 0.2) is 59.9 Å². The van der Waals surface area contributed by atoms with E-state index in [1.165, 1.54) is 23.1 Å². The molecule has 2 aromatic carbocycles. The fourth-order valence-corrected chi connectivity index (χ4v) is 3.38.